The number of rotatable bonds is 7. The van der Waals surface area contributed by atoms with Gasteiger partial charge >= 0.3 is 15.1 Å². The van der Waals surface area contributed by atoms with Crippen LogP contribution < -0.4 is 14.0 Å². The first-order valence-electron chi connectivity index (χ1n) is 8.57. The van der Waals surface area contributed by atoms with Crippen LogP contribution in [0.4, 0.5) is 0 Å². The van der Waals surface area contributed by atoms with Crippen LogP contribution in [0.5, 0.6) is 11.5 Å². The van der Waals surface area contributed by atoms with E-state index in [0.29, 0.717) is 40.5 Å². The lowest BCUT2D eigenvalue weighted by Gasteiger charge is -2.15. The van der Waals surface area contributed by atoms with Gasteiger partial charge in [-0.25, -0.2) is 9.55 Å². The van der Waals surface area contributed by atoms with Gasteiger partial charge in [-0.2, -0.15) is 8.42 Å². The summed E-state index contributed by atoms with van der Waals surface area (Å²) in [5, 5.41) is 0. The second-order valence-corrected chi connectivity index (χ2v) is 9.50. The Bertz CT molecular complexity index is 1130. The Kier molecular flexibility index (Phi) is 5.82. The van der Waals surface area contributed by atoms with Gasteiger partial charge in [0.2, 0.25) is 0 Å². The molecule has 0 radical (unpaired) electrons. The Morgan fingerprint density at radius 2 is 2.07 bits per heavy atom. The lowest BCUT2D eigenvalue weighted by molar-refractivity contribution is -0.611. The molecule has 2 heterocycles. The van der Waals surface area contributed by atoms with Crippen molar-refractivity contribution in [2.75, 3.05) is 13.7 Å². The average Bonchev–Trinajstić information content (AvgIpc) is 3.06. The topological polar surface area (TPSA) is 105 Å². The van der Waals surface area contributed by atoms with Crippen LogP contribution in [0.1, 0.15) is 23.7 Å². The van der Waals surface area contributed by atoms with E-state index in [0.717, 1.165) is 22.2 Å². The zero-order chi connectivity index (χ0) is 20.5. The van der Waals surface area contributed by atoms with Gasteiger partial charge in [0.1, 0.15) is 22.7 Å². The molecule has 0 aliphatic heterocycles. The van der Waals surface area contributed by atoms with Gasteiger partial charge in [-0.15, -0.1) is 0 Å². The number of ether oxygens (including phenoxy) is 2. The van der Waals surface area contributed by atoms with Crippen LogP contribution in [-0.4, -0.2) is 36.7 Å². The van der Waals surface area contributed by atoms with E-state index >= 15 is 0 Å². The van der Waals surface area contributed by atoms with E-state index in [-0.39, 0.29) is 5.75 Å². The number of hydrogen-bond acceptors (Lipinski definition) is 6. The Morgan fingerprint density at radius 3 is 2.71 bits per heavy atom. The molecule has 1 aromatic carbocycles. The van der Waals surface area contributed by atoms with E-state index < -0.39 is 9.15 Å². The average molecular weight is 425 g/mol. The largest absolute Gasteiger partial charge is 0.497 e. The maximum atomic E-state index is 11.3. The number of fused-ring (bicyclic) bond motifs is 1. The van der Waals surface area contributed by atoms with E-state index in [1.54, 1.807) is 11.7 Å². The summed E-state index contributed by atoms with van der Waals surface area (Å²) in [4.78, 5) is 7.86. The first-order chi connectivity index (χ1) is 13.2. The molecule has 28 heavy (non-hydrogen) atoms. The summed E-state index contributed by atoms with van der Waals surface area (Å²) in [5.41, 5.74) is 3.87. The first-order valence-corrected chi connectivity index (χ1v) is 11.5. The number of nitrogens with one attached hydrogen (secondary N) is 1. The van der Waals surface area contributed by atoms with Crippen molar-refractivity contribution in [3.05, 3.63) is 41.2 Å². The molecule has 2 N–H and O–H groups in total. The third-order valence-electron chi connectivity index (χ3n) is 4.28. The fourth-order valence-corrected chi connectivity index (χ4v) is 4.41. The van der Waals surface area contributed by atoms with Crippen molar-refractivity contribution < 1.29 is 27.0 Å². The minimum atomic E-state index is -4.19. The van der Waals surface area contributed by atoms with Crippen LogP contribution in [-0.2, 0) is 14.9 Å². The molecule has 0 aliphatic rings. The lowest BCUT2D eigenvalue weighted by Crippen LogP contribution is -2.38. The molecule has 3 aromatic rings. The summed E-state index contributed by atoms with van der Waals surface area (Å²) in [7, 11) is -2.16. The van der Waals surface area contributed by atoms with Crippen LogP contribution in [0.2, 0.25) is 0 Å². The minimum absolute atomic E-state index is 0.0331. The summed E-state index contributed by atoms with van der Waals surface area (Å²) in [6, 6.07) is 5.52. The predicted molar refractivity (Wildman–Crippen MR) is 108 cm³/mol. The highest BCUT2D eigenvalue weighted by Gasteiger charge is 2.24. The van der Waals surface area contributed by atoms with Crippen LogP contribution in [0.25, 0.3) is 17.0 Å². The van der Waals surface area contributed by atoms with E-state index in [9.17, 15) is 13.0 Å². The van der Waals surface area contributed by atoms with E-state index in [1.807, 2.05) is 45.2 Å². The maximum Gasteiger partial charge on any atom is 0.402 e. The highest BCUT2D eigenvalue weighted by atomic mass is 33.1. The number of hydrogen-bond donors (Lipinski definition) is 2. The normalized spacial score (nSPS) is 11.8. The smallest absolute Gasteiger partial charge is 0.402 e. The Labute approximate surface area is 167 Å². The van der Waals surface area contributed by atoms with E-state index in [2.05, 4.69) is 9.97 Å². The Morgan fingerprint density at radius 1 is 1.32 bits per heavy atom. The molecule has 3 rings (SSSR count). The fourth-order valence-electron chi connectivity index (χ4n) is 3.01. The molecule has 8 nitrogen and oxygen atoms in total. The number of imidazole rings is 1. The van der Waals surface area contributed by atoms with Crippen LogP contribution in [0.15, 0.2) is 24.4 Å². The lowest BCUT2D eigenvalue weighted by atomic mass is 10.1. The molecule has 0 amide bonds. The molecule has 10 heteroatoms. The highest BCUT2D eigenvalue weighted by molar-refractivity contribution is 8.69. The van der Waals surface area contributed by atoms with E-state index in [4.69, 9.17) is 9.47 Å². The zero-order valence-electron chi connectivity index (χ0n) is 16.0. The molecule has 0 aliphatic carbocycles. The number of benzene rings is 1. The van der Waals surface area contributed by atoms with Gasteiger partial charge in [0, 0.05) is 28.0 Å². The number of aromatic amines is 1. The molecule has 0 bridgehead atoms. The molecule has 0 atom stereocenters. The highest BCUT2D eigenvalue weighted by Crippen LogP contribution is 2.28. The van der Waals surface area contributed by atoms with Gasteiger partial charge in [0.05, 0.1) is 25.7 Å². The Hall–Kier alpha value is -2.30. The van der Waals surface area contributed by atoms with Gasteiger partial charge in [0.25, 0.3) is 0 Å². The molecular weight excluding hydrogens is 402 g/mol. The zero-order valence-corrected chi connectivity index (χ0v) is 17.6. The predicted octanol–water partition coefficient (Wildman–Crippen LogP) is 2.90. The number of H-pyrrole nitrogens is 1. The molecular formula is C18H22N3O5S2+. The molecule has 2 aromatic heterocycles. The SMILES string of the molecule is CCOc1c(C)c[n+](-c2nc3cc(OC)ccc3[nH]2)c(CSS(=O)(=O)O)c1C. The number of methoxy groups -OCH3 is 1. The van der Waals surface area contributed by atoms with Gasteiger partial charge in [0.15, 0.2) is 5.52 Å². The molecule has 0 saturated heterocycles. The van der Waals surface area contributed by atoms with Crippen molar-refractivity contribution in [1.29, 1.82) is 0 Å². The molecule has 0 unspecified atom stereocenters. The first kappa shape index (κ1) is 20.4. The summed E-state index contributed by atoms with van der Waals surface area (Å²) < 4.78 is 44.5. The van der Waals surface area contributed by atoms with Crippen molar-refractivity contribution in [2.24, 2.45) is 0 Å². The van der Waals surface area contributed by atoms with E-state index in [1.165, 1.54) is 0 Å². The van der Waals surface area contributed by atoms with Gasteiger partial charge in [-0.3, -0.25) is 4.55 Å². The summed E-state index contributed by atoms with van der Waals surface area (Å²) in [5.74, 6) is 1.95. The van der Waals surface area contributed by atoms with Crippen molar-refractivity contribution in [1.82, 2.24) is 9.97 Å². The third-order valence-corrected chi connectivity index (χ3v) is 6.22. The maximum absolute atomic E-state index is 11.3. The number of nitrogens with zero attached hydrogens (tertiary/aromatic N) is 2. The quantitative estimate of drug-likeness (QED) is 0.341. The summed E-state index contributed by atoms with van der Waals surface area (Å²) in [6.07, 6.45) is 1.84. The van der Waals surface area contributed by atoms with Crippen molar-refractivity contribution in [3.8, 4) is 17.4 Å². The monoisotopic (exact) mass is 424 g/mol. The Balaban J connectivity index is 2.17. The van der Waals surface area contributed by atoms with Crippen molar-refractivity contribution in [3.63, 3.8) is 0 Å². The standard InChI is InChI=1S/C18H21N3O5S2/c1-5-26-17-11(2)9-21(16(12(17)3)10-27-28(22,23)24)18-19-14-7-6-13(25-4)8-15(14)20-18/h6-9H,5,10H2,1-4H3,(H-,19,20,22,23,24)/p+1. The number of pyridine rings is 1. The molecule has 0 spiro atoms. The third kappa shape index (κ3) is 4.23. The molecule has 0 fully saturated rings. The van der Waals surface area contributed by atoms with Crippen molar-refractivity contribution in [2.45, 2.75) is 26.5 Å². The fraction of sp³-hybridized carbons (Fsp3) is 0.333. The summed E-state index contributed by atoms with van der Waals surface area (Å²) >= 11 is 0. The van der Waals surface area contributed by atoms with Gasteiger partial charge in [-0.1, -0.05) is 4.98 Å². The van der Waals surface area contributed by atoms with Crippen molar-refractivity contribution >= 4 is 31.0 Å². The second kappa shape index (κ2) is 7.98. The van der Waals surface area contributed by atoms with Gasteiger partial charge < -0.3 is 9.47 Å². The molecule has 150 valence electrons. The van der Waals surface area contributed by atoms with Crippen LogP contribution >= 0.6 is 10.8 Å². The number of aryl methyl sites for hydroxylation is 1. The second-order valence-electron chi connectivity index (χ2n) is 6.15. The van der Waals surface area contributed by atoms with Gasteiger partial charge in [-0.05, 0) is 32.9 Å². The minimum Gasteiger partial charge on any atom is -0.497 e. The van der Waals surface area contributed by atoms with Crippen LogP contribution in [0, 0.1) is 13.8 Å². The van der Waals surface area contributed by atoms with Crippen LogP contribution in [0.3, 0.4) is 0 Å². The molecule has 0 saturated carbocycles. The number of aromatic nitrogens is 3. The summed E-state index contributed by atoms with van der Waals surface area (Å²) in [6.45, 7) is 6.15.